The normalized spacial score (nSPS) is 23.6. The summed E-state index contributed by atoms with van der Waals surface area (Å²) in [6.45, 7) is 3.11. The molecular weight excluding hydrogens is 242 g/mol. The van der Waals surface area contributed by atoms with E-state index in [2.05, 4.69) is 21.6 Å². The number of carbonyl (C=O) groups is 1. The van der Waals surface area contributed by atoms with E-state index in [9.17, 15) is 4.79 Å². The molecule has 3 rings (SSSR count). The highest BCUT2D eigenvalue weighted by molar-refractivity contribution is 5.98. The lowest BCUT2D eigenvalue weighted by molar-refractivity contribution is -0.123. The standard InChI is InChI=1S/C14H19N3O2/c1-15-11-3-2-10-8-13(14(18)16-12(10)9-11)17-4-6-19-7-5-17/h2-3,9,13,15H,4-8H2,1H3,(H,16,18)/t13-/m1/s1. The van der Waals surface area contributed by atoms with Gasteiger partial charge in [-0.3, -0.25) is 9.69 Å². The molecule has 2 N–H and O–H groups in total. The van der Waals surface area contributed by atoms with E-state index in [1.54, 1.807) is 0 Å². The van der Waals surface area contributed by atoms with Gasteiger partial charge < -0.3 is 15.4 Å². The van der Waals surface area contributed by atoms with Gasteiger partial charge >= 0.3 is 0 Å². The number of carbonyl (C=O) groups excluding carboxylic acids is 1. The molecule has 0 unspecified atom stereocenters. The van der Waals surface area contributed by atoms with Gasteiger partial charge in [0.1, 0.15) is 0 Å². The average molecular weight is 261 g/mol. The Balaban J connectivity index is 1.81. The Morgan fingerprint density at radius 2 is 2.16 bits per heavy atom. The summed E-state index contributed by atoms with van der Waals surface area (Å²) in [6, 6.07) is 6.07. The zero-order valence-corrected chi connectivity index (χ0v) is 11.1. The Morgan fingerprint density at radius 3 is 2.89 bits per heavy atom. The number of anilines is 2. The number of nitrogens with zero attached hydrogens (tertiary/aromatic N) is 1. The first-order chi connectivity index (χ1) is 9.28. The second-order valence-corrected chi connectivity index (χ2v) is 4.98. The van der Waals surface area contributed by atoms with Crippen LogP contribution in [-0.2, 0) is 16.0 Å². The van der Waals surface area contributed by atoms with Crippen LogP contribution in [-0.4, -0.2) is 50.2 Å². The summed E-state index contributed by atoms with van der Waals surface area (Å²) in [5, 5.41) is 6.11. The number of fused-ring (bicyclic) bond motifs is 1. The summed E-state index contributed by atoms with van der Waals surface area (Å²) in [5.41, 5.74) is 3.15. The molecule has 1 aromatic carbocycles. The number of rotatable bonds is 2. The largest absolute Gasteiger partial charge is 0.388 e. The van der Waals surface area contributed by atoms with Crippen LogP contribution in [0.3, 0.4) is 0 Å². The number of hydrogen-bond acceptors (Lipinski definition) is 4. The minimum Gasteiger partial charge on any atom is -0.388 e. The van der Waals surface area contributed by atoms with Gasteiger partial charge in [0.2, 0.25) is 5.91 Å². The molecule has 0 aliphatic carbocycles. The second-order valence-electron chi connectivity index (χ2n) is 4.98. The highest BCUT2D eigenvalue weighted by Gasteiger charge is 2.32. The van der Waals surface area contributed by atoms with Crippen LogP contribution in [0.1, 0.15) is 5.56 Å². The average Bonchev–Trinajstić information content (AvgIpc) is 2.47. The van der Waals surface area contributed by atoms with E-state index in [-0.39, 0.29) is 11.9 Å². The highest BCUT2D eigenvalue weighted by Crippen LogP contribution is 2.28. The summed E-state index contributed by atoms with van der Waals surface area (Å²) in [4.78, 5) is 14.5. The first kappa shape index (κ1) is 12.4. The van der Waals surface area contributed by atoms with E-state index in [1.807, 2.05) is 19.2 Å². The van der Waals surface area contributed by atoms with E-state index in [1.165, 1.54) is 5.56 Å². The molecule has 5 nitrogen and oxygen atoms in total. The monoisotopic (exact) mass is 261 g/mol. The van der Waals surface area contributed by atoms with Crippen LogP contribution in [0.25, 0.3) is 0 Å². The zero-order chi connectivity index (χ0) is 13.2. The molecule has 1 saturated heterocycles. The fourth-order valence-electron chi connectivity index (χ4n) is 2.73. The van der Waals surface area contributed by atoms with Gasteiger partial charge in [-0.15, -0.1) is 0 Å². The van der Waals surface area contributed by atoms with Gasteiger partial charge in [-0.2, -0.15) is 0 Å². The van der Waals surface area contributed by atoms with Crippen LogP contribution in [0.4, 0.5) is 11.4 Å². The predicted octanol–water partition coefficient (Wildman–Crippen LogP) is 0.924. The van der Waals surface area contributed by atoms with Crippen LogP contribution in [0.5, 0.6) is 0 Å². The molecule has 1 aromatic rings. The lowest BCUT2D eigenvalue weighted by Gasteiger charge is -2.36. The first-order valence-electron chi connectivity index (χ1n) is 6.71. The minimum absolute atomic E-state index is 0.0585. The summed E-state index contributed by atoms with van der Waals surface area (Å²) in [6.07, 6.45) is 0.783. The van der Waals surface area contributed by atoms with Crippen LogP contribution in [0.2, 0.25) is 0 Å². The van der Waals surface area contributed by atoms with Crippen molar-refractivity contribution in [1.82, 2.24) is 4.90 Å². The molecule has 0 aromatic heterocycles. The van der Waals surface area contributed by atoms with Crippen LogP contribution >= 0.6 is 0 Å². The Bertz CT molecular complexity index is 484. The van der Waals surface area contributed by atoms with E-state index < -0.39 is 0 Å². The molecule has 1 amide bonds. The van der Waals surface area contributed by atoms with Crippen molar-refractivity contribution in [2.45, 2.75) is 12.5 Å². The number of ether oxygens (including phenoxy) is 1. The van der Waals surface area contributed by atoms with Crippen molar-refractivity contribution in [3.63, 3.8) is 0 Å². The summed E-state index contributed by atoms with van der Waals surface area (Å²) in [5.74, 6) is 0.0997. The van der Waals surface area contributed by atoms with Gasteiger partial charge in [0.05, 0.1) is 19.3 Å². The number of amides is 1. The van der Waals surface area contributed by atoms with E-state index in [0.29, 0.717) is 0 Å². The van der Waals surface area contributed by atoms with Gasteiger partial charge in [0, 0.05) is 31.5 Å². The Hall–Kier alpha value is -1.59. The highest BCUT2D eigenvalue weighted by atomic mass is 16.5. The molecular formula is C14H19N3O2. The maximum Gasteiger partial charge on any atom is 0.242 e. The van der Waals surface area contributed by atoms with Crippen LogP contribution in [0.15, 0.2) is 18.2 Å². The Morgan fingerprint density at radius 1 is 1.37 bits per heavy atom. The van der Waals surface area contributed by atoms with Crippen molar-refractivity contribution in [1.29, 1.82) is 0 Å². The molecule has 2 aliphatic rings. The molecule has 0 bridgehead atoms. The molecule has 19 heavy (non-hydrogen) atoms. The Labute approximate surface area is 112 Å². The van der Waals surface area contributed by atoms with Crippen LogP contribution < -0.4 is 10.6 Å². The summed E-state index contributed by atoms with van der Waals surface area (Å²) < 4.78 is 5.34. The first-order valence-corrected chi connectivity index (χ1v) is 6.71. The quantitative estimate of drug-likeness (QED) is 0.831. The molecule has 0 spiro atoms. The van der Waals surface area contributed by atoms with E-state index in [4.69, 9.17) is 4.74 Å². The maximum atomic E-state index is 12.2. The summed E-state index contributed by atoms with van der Waals surface area (Å²) in [7, 11) is 1.88. The zero-order valence-electron chi connectivity index (χ0n) is 11.1. The van der Waals surface area contributed by atoms with E-state index >= 15 is 0 Å². The van der Waals surface area contributed by atoms with Gasteiger partial charge in [-0.25, -0.2) is 0 Å². The topological polar surface area (TPSA) is 53.6 Å². The van der Waals surface area contributed by atoms with Crippen molar-refractivity contribution < 1.29 is 9.53 Å². The molecule has 102 valence electrons. The smallest absolute Gasteiger partial charge is 0.242 e. The van der Waals surface area contributed by atoms with Crippen molar-refractivity contribution in [3.8, 4) is 0 Å². The molecule has 0 saturated carbocycles. The van der Waals surface area contributed by atoms with E-state index in [0.717, 1.165) is 44.1 Å². The molecule has 0 radical (unpaired) electrons. The number of nitrogens with one attached hydrogen (secondary N) is 2. The van der Waals surface area contributed by atoms with Crippen molar-refractivity contribution in [3.05, 3.63) is 23.8 Å². The number of benzene rings is 1. The van der Waals surface area contributed by atoms with Crippen molar-refractivity contribution >= 4 is 17.3 Å². The third-order valence-electron chi connectivity index (χ3n) is 3.86. The summed E-state index contributed by atoms with van der Waals surface area (Å²) >= 11 is 0. The molecule has 2 aliphatic heterocycles. The number of morpholine rings is 1. The minimum atomic E-state index is -0.0585. The molecule has 2 heterocycles. The lowest BCUT2D eigenvalue weighted by atomic mass is 9.97. The molecule has 1 fully saturated rings. The van der Waals surface area contributed by atoms with Crippen LogP contribution in [0, 0.1) is 0 Å². The third-order valence-corrected chi connectivity index (χ3v) is 3.86. The van der Waals surface area contributed by atoms with Gasteiger partial charge in [-0.1, -0.05) is 6.07 Å². The lowest BCUT2D eigenvalue weighted by Crippen LogP contribution is -2.52. The third kappa shape index (κ3) is 2.43. The maximum absolute atomic E-state index is 12.2. The molecule has 1 atom stereocenters. The predicted molar refractivity (Wildman–Crippen MR) is 74.5 cm³/mol. The van der Waals surface area contributed by atoms with Crippen molar-refractivity contribution in [2.75, 3.05) is 44.0 Å². The number of hydrogen-bond donors (Lipinski definition) is 2. The van der Waals surface area contributed by atoms with Gasteiger partial charge in [0.25, 0.3) is 0 Å². The van der Waals surface area contributed by atoms with Gasteiger partial charge in [-0.05, 0) is 24.1 Å². The SMILES string of the molecule is CNc1ccc2c(c1)NC(=O)[C@H](N1CCOCC1)C2. The molecule has 5 heteroatoms. The van der Waals surface area contributed by atoms with Gasteiger partial charge in [0.15, 0.2) is 0 Å². The fourth-order valence-corrected chi connectivity index (χ4v) is 2.73. The Kier molecular flexibility index (Phi) is 3.40. The fraction of sp³-hybridized carbons (Fsp3) is 0.500. The van der Waals surface area contributed by atoms with Crippen molar-refractivity contribution in [2.24, 2.45) is 0 Å². The second kappa shape index (κ2) is 5.19.